The van der Waals surface area contributed by atoms with Crippen LogP contribution in [0.3, 0.4) is 0 Å². The number of rotatable bonds is 2. The van der Waals surface area contributed by atoms with Crippen molar-refractivity contribution >= 4 is 61.5 Å². The average Bonchev–Trinajstić information content (AvgIpc) is 2.77. The van der Waals surface area contributed by atoms with Crippen LogP contribution in [-0.2, 0) is 4.57 Å². The van der Waals surface area contributed by atoms with Gasteiger partial charge in [0.25, 0.3) is 0 Å². The van der Waals surface area contributed by atoms with Crippen LogP contribution in [0.5, 0.6) is 0 Å². The minimum absolute atomic E-state index is 0.909. The molecule has 0 N–H and O–H groups in total. The summed E-state index contributed by atoms with van der Waals surface area (Å²) in [5.41, 5.74) is 0. The highest BCUT2D eigenvalue weighted by atomic mass is 31.1. The summed E-state index contributed by atoms with van der Waals surface area (Å²) in [5.74, 6) is 0. The summed E-state index contributed by atoms with van der Waals surface area (Å²) >= 11 is 0. The van der Waals surface area contributed by atoms with Crippen LogP contribution in [0.15, 0.2) is 97.1 Å². The van der Waals surface area contributed by atoms with Gasteiger partial charge in [-0.05, 0) is 43.1 Å². The van der Waals surface area contributed by atoms with E-state index in [1.165, 1.54) is 37.7 Å². The van der Waals surface area contributed by atoms with Gasteiger partial charge in [0.1, 0.15) is 7.80 Å². The lowest BCUT2D eigenvalue weighted by Gasteiger charge is -2.16. The van der Waals surface area contributed by atoms with E-state index >= 15 is 0 Å². The minimum Gasteiger partial charge on any atom is -0.317 e. The smallest absolute Gasteiger partial charge is 0.132 e. The monoisotopic (exact) mass is 376 g/mol. The van der Waals surface area contributed by atoms with Crippen molar-refractivity contribution in [1.82, 2.24) is 0 Å². The molecule has 0 radical (unpaired) electrons. The van der Waals surface area contributed by atoms with Crippen LogP contribution in [0, 0.1) is 0 Å². The SMILES string of the molecule is O=[PH](c1ccccc1)c1ccc2c3cccc4cccc(c5cccc1c52)c43. The van der Waals surface area contributed by atoms with Crippen LogP contribution >= 0.6 is 7.80 Å². The van der Waals surface area contributed by atoms with E-state index in [0.29, 0.717) is 0 Å². The maximum atomic E-state index is 13.4. The summed E-state index contributed by atoms with van der Waals surface area (Å²) in [6, 6.07) is 33.5. The Labute approximate surface area is 163 Å². The maximum absolute atomic E-state index is 13.4. The summed E-state index contributed by atoms with van der Waals surface area (Å²) in [6.07, 6.45) is 0. The topological polar surface area (TPSA) is 17.1 Å². The molecule has 0 saturated carbocycles. The molecule has 0 fully saturated rings. The fourth-order valence-electron chi connectivity index (χ4n) is 4.59. The molecule has 0 aliphatic rings. The number of hydrogen-bond acceptors (Lipinski definition) is 1. The molecule has 0 saturated heterocycles. The summed E-state index contributed by atoms with van der Waals surface area (Å²) < 4.78 is 13.4. The molecule has 0 amide bonds. The Kier molecular flexibility index (Phi) is 3.36. The summed E-state index contributed by atoms with van der Waals surface area (Å²) in [7, 11) is -2.06. The van der Waals surface area contributed by atoms with Crippen LogP contribution in [0.4, 0.5) is 0 Å². The van der Waals surface area contributed by atoms with E-state index in [9.17, 15) is 4.57 Å². The van der Waals surface area contributed by atoms with Crippen molar-refractivity contribution in [1.29, 1.82) is 0 Å². The van der Waals surface area contributed by atoms with Gasteiger partial charge >= 0.3 is 0 Å². The fraction of sp³-hybridized carbons (Fsp3) is 0. The van der Waals surface area contributed by atoms with Crippen molar-refractivity contribution in [2.45, 2.75) is 0 Å². The van der Waals surface area contributed by atoms with Crippen molar-refractivity contribution < 1.29 is 4.57 Å². The van der Waals surface area contributed by atoms with Gasteiger partial charge in [0.2, 0.25) is 0 Å². The fourth-order valence-corrected chi connectivity index (χ4v) is 6.08. The molecule has 6 aromatic carbocycles. The molecule has 0 spiro atoms. The lowest BCUT2D eigenvalue weighted by atomic mass is 9.90. The molecule has 6 rings (SSSR count). The zero-order chi connectivity index (χ0) is 18.7. The van der Waals surface area contributed by atoms with Gasteiger partial charge in [0, 0.05) is 10.6 Å². The molecule has 0 aromatic heterocycles. The molecular weight excluding hydrogens is 359 g/mol. The first-order chi connectivity index (χ1) is 13.8. The Balaban J connectivity index is 1.80. The lowest BCUT2D eigenvalue weighted by molar-refractivity contribution is 0.598. The highest BCUT2D eigenvalue weighted by molar-refractivity contribution is 7.62. The van der Waals surface area contributed by atoms with E-state index in [2.05, 4.69) is 66.7 Å². The first-order valence-corrected chi connectivity index (χ1v) is 10.9. The van der Waals surface area contributed by atoms with Crippen LogP contribution in [0.2, 0.25) is 0 Å². The molecule has 1 nitrogen and oxygen atoms in total. The number of hydrogen-bond donors (Lipinski definition) is 0. The third-order valence-electron chi connectivity index (χ3n) is 5.81. The molecule has 2 heteroatoms. The zero-order valence-electron chi connectivity index (χ0n) is 15.1. The van der Waals surface area contributed by atoms with Crippen molar-refractivity contribution in [2.75, 3.05) is 0 Å². The Morgan fingerprint density at radius 1 is 0.464 bits per heavy atom. The number of fused-ring (bicyclic) bond motifs is 2. The largest absolute Gasteiger partial charge is 0.317 e. The van der Waals surface area contributed by atoms with Gasteiger partial charge < -0.3 is 4.57 Å². The van der Waals surface area contributed by atoms with Gasteiger partial charge in [-0.3, -0.25) is 0 Å². The molecular formula is C26H17OP. The molecule has 6 aromatic rings. The van der Waals surface area contributed by atoms with E-state index in [1.54, 1.807) is 0 Å². The van der Waals surface area contributed by atoms with Gasteiger partial charge in [-0.25, -0.2) is 0 Å². The standard InChI is InChI=1S/C26H17OP/c27-28(18-9-2-1-3-10-18)24-16-15-22-20-12-5-8-17-7-4-11-19(25(17)20)21-13-6-14-23(24)26(21)22/h1-16,28H. The molecule has 0 heterocycles. The van der Waals surface area contributed by atoms with Gasteiger partial charge in [-0.1, -0.05) is 97.1 Å². The molecule has 0 aliphatic carbocycles. The lowest BCUT2D eigenvalue weighted by Crippen LogP contribution is -2.07. The van der Waals surface area contributed by atoms with Gasteiger partial charge in [0.05, 0.1) is 0 Å². The van der Waals surface area contributed by atoms with E-state index < -0.39 is 7.80 Å². The van der Waals surface area contributed by atoms with Crippen molar-refractivity contribution in [2.24, 2.45) is 0 Å². The number of benzene rings is 6. The second-order valence-corrected chi connectivity index (χ2v) is 9.07. The van der Waals surface area contributed by atoms with E-state index in [0.717, 1.165) is 16.0 Å². The maximum Gasteiger partial charge on any atom is 0.132 e. The van der Waals surface area contributed by atoms with Crippen LogP contribution < -0.4 is 10.6 Å². The normalized spacial score (nSPS) is 13.0. The Morgan fingerprint density at radius 2 is 1.04 bits per heavy atom. The third-order valence-corrected chi connectivity index (χ3v) is 7.59. The Morgan fingerprint density at radius 3 is 1.75 bits per heavy atom. The van der Waals surface area contributed by atoms with Crippen molar-refractivity contribution in [3.8, 4) is 0 Å². The molecule has 1 atom stereocenters. The Bertz CT molecular complexity index is 1470. The first-order valence-electron chi connectivity index (χ1n) is 9.51. The molecule has 28 heavy (non-hydrogen) atoms. The van der Waals surface area contributed by atoms with Crippen LogP contribution in [0.25, 0.3) is 43.1 Å². The van der Waals surface area contributed by atoms with Crippen molar-refractivity contribution in [3.05, 3.63) is 97.1 Å². The van der Waals surface area contributed by atoms with Crippen LogP contribution in [0.1, 0.15) is 0 Å². The van der Waals surface area contributed by atoms with E-state index in [-0.39, 0.29) is 0 Å². The molecule has 0 bridgehead atoms. The highest BCUT2D eigenvalue weighted by Gasteiger charge is 2.16. The molecule has 132 valence electrons. The summed E-state index contributed by atoms with van der Waals surface area (Å²) in [5, 5.41) is 11.8. The van der Waals surface area contributed by atoms with Crippen LogP contribution in [-0.4, -0.2) is 0 Å². The average molecular weight is 376 g/mol. The Hall–Kier alpha value is -3.15. The highest BCUT2D eigenvalue weighted by Crippen LogP contribution is 2.40. The molecule has 1 unspecified atom stereocenters. The van der Waals surface area contributed by atoms with Crippen molar-refractivity contribution in [3.63, 3.8) is 0 Å². The van der Waals surface area contributed by atoms with E-state index in [1.807, 2.05) is 30.3 Å². The van der Waals surface area contributed by atoms with Gasteiger partial charge in [0.15, 0.2) is 0 Å². The third kappa shape index (κ3) is 2.11. The summed E-state index contributed by atoms with van der Waals surface area (Å²) in [6.45, 7) is 0. The second kappa shape index (κ2) is 5.92. The van der Waals surface area contributed by atoms with E-state index in [4.69, 9.17) is 0 Å². The van der Waals surface area contributed by atoms with Gasteiger partial charge in [-0.2, -0.15) is 0 Å². The molecule has 0 aliphatic heterocycles. The second-order valence-electron chi connectivity index (χ2n) is 7.29. The zero-order valence-corrected chi connectivity index (χ0v) is 16.1. The minimum atomic E-state index is -2.06. The van der Waals surface area contributed by atoms with Gasteiger partial charge in [-0.15, -0.1) is 0 Å². The quantitative estimate of drug-likeness (QED) is 0.198. The first kappa shape index (κ1) is 15.9. The predicted octanol–water partition coefficient (Wildman–Crippen LogP) is 6.25. The predicted molar refractivity (Wildman–Crippen MR) is 122 cm³/mol. The summed E-state index contributed by atoms with van der Waals surface area (Å²) in [4.78, 5) is 0.